The number of hydrogen-bond donors (Lipinski definition) is 3. The Labute approximate surface area is 272 Å². The number of carbonyl (C=O) groups is 1. The molecule has 3 aromatic heterocycles. The van der Waals surface area contributed by atoms with Crippen LogP contribution in [0.1, 0.15) is 16.7 Å². The molecule has 0 fully saturated rings. The fourth-order valence-electron chi connectivity index (χ4n) is 4.80. The molecule has 0 aliphatic carbocycles. The van der Waals surface area contributed by atoms with Gasteiger partial charge >= 0.3 is 5.97 Å². The summed E-state index contributed by atoms with van der Waals surface area (Å²) in [6.45, 7) is 0.284. The van der Waals surface area contributed by atoms with Gasteiger partial charge in [-0.2, -0.15) is 0 Å². The minimum atomic E-state index is -1.21. The molecule has 6 rings (SSSR count). The van der Waals surface area contributed by atoms with Crippen LogP contribution in [-0.4, -0.2) is 66.6 Å². The predicted molar refractivity (Wildman–Crippen MR) is 168 cm³/mol. The van der Waals surface area contributed by atoms with Crippen molar-refractivity contribution in [2.75, 3.05) is 19.8 Å². The van der Waals surface area contributed by atoms with Crippen LogP contribution in [0, 0.1) is 0 Å². The summed E-state index contributed by atoms with van der Waals surface area (Å²) in [5.41, 5.74) is 2.61. The van der Waals surface area contributed by atoms with Gasteiger partial charge in [-0.25, -0.2) is 4.68 Å². The highest BCUT2D eigenvalue weighted by atomic mass is 35.5. The average Bonchev–Trinajstić information content (AvgIpc) is 3.63. The summed E-state index contributed by atoms with van der Waals surface area (Å²) >= 11 is 6.60. The highest BCUT2D eigenvalue weighted by Crippen LogP contribution is 2.34. The number of rotatable bonds is 13. The van der Waals surface area contributed by atoms with E-state index in [0.29, 0.717) is 53.0 Å². The first kappa shape index (κ1) is 31.5. The van der Waals surface area contributed by atoms with Gasteiger partial charge in [0.2, 0.25) is 0 Å². The zero-order valence-electron chi connectivity index (χ0n) is 24.8. The monoisotopic (exact) mass is 660 g/mol. The number of benzene rings is 2. The number of halogens is 1. The normalized spacial score (nSPS) is 12.8. The first-order chi connectivity index (χ1) is 22.9. The number of carboxylic acids is 1. The lowest BCUT2D eigenvalue weighted by atomic mass is 10.1. The van der Waals surface area contributed by atoms with Crippen LogP contribution >= 0.6 is 11.6 Å². The maximum atomic E-state index is 13.4. The zero-order valence-corrected chi connectivity index (χ0v) is 25.5. The largest absolute Gasteiger partial charge is 0.488 e. The molecule has 0 bridgehead atoms. The lowest BCUT2D eigenvalue weighted by Gasteiger charge is -2.19. The molecule has 1 aliphatic heterocycles. The fraction of sp³-hybridized carbons (Fsp3) is 0.219. The van der Waals surface area contributed by atoms with Gasteiger partial charge in [0.25, 0.3) is 5.56 Å². The van der Waals surface area contributed by atoms with Crippen LogP contribution in [0.25, 0.3) is 11.4 Å². The number of aromatic nitrogens is 5. The van der Waals surface area contributed by atoms with Crippen LogP contribution in [0.15, 0.2) is 84.3 Å². The minimum absolute atomic E-state index is 0.0169. The molecule has 5 aromatic rings. The molecule has 0 radical (unpaired) electrons. The Morgan fingerprint density at radius 1 is 0.979 bits per heavy atom. The Bertz CT molecular complexity index is 1930. The molecule has 0 unspecified atom stereocenters. The Hall–Kier alpha value is -5.44. The quantitative estimate of drug-likeness (QED) is 0.169. The number of carboxylic acid groups (broad SMARTS) is 1. The van der Waals surface area contributed by atoms with Gasteiger partial charge in [0.1, 0.15) is 44.0 Å². The zero-order chi connectivity index (χ0) is 32.8. The van der Waals surface area contributed by atoms with Crippen molar-refractivity contribution in [2.24, 2.45) is 0 Å². The number of nitrogens with zero attached hydrogens (tertiary/aromatic N) is 5. The summed E-state index contributed by atoms with van der Waals surface area (Å²) < 4.78 is 26.5. The number of nitrogens with one attached hydrogen (secondary N) is 1. The summed E-state index contributed by atoms with van der Waals surface area (Å²) in [7, 11) is 0. The molecule has 4 heterocycles. The molecule has 0 saturated heterocycles. The van der Waals surface area contributed by atoms with Gasteiger partial charge in [0.05, 0.1) is 47.2 Å². The molecule has 1 aliphatic rings. The Morgan fingerprint density at radius 3 is 2.60 bits per heavy atom. The number of aliphatic hydroxyl groups is 1. The summed E-state index contributed by atoms with van der Waals surface area (Å²) in [4.78, 5) is 29.1. The van der Waals surface area contributed by atoms with E-state index >= 15 is 0 Å². The second-order valence-corrected chi connectivity index (χ2v) is 10.8. The van der Waals surface area contributed by atoms with E-state index in [9.17, 15) is 19.8 Å². The topological polar surface area (TPSA) is 172 Å². The summed E-state index contributed by atoms with van der Waals surface area (Å²) in [6.07, 6.45) is 8.17. The van der Waals surface area contributed by atoms with E-state index in [1.807, 2.05) is 6.07 Å². The molecule has 0 amide bonds. The lowest BCUT2D eigenvalue weighted by Crippen LogP contribution is -2.39. The van der Waals surface area contributed by atoms with Gasteiger partial charge in [-0.05, 0) is 36.4 Å². The molecular formula is C32H29ClN6O8. The molecule has 1 atom stereocenters. The molecule has 15 heteroatoms. The molecule has 2 aromatic carbocycles. The molecule has 14 nitrogen and oxygen atoms in total. The van der Waals surface area contributed by atoms with Crippen molar-refractivity contribution in [2.45, 2.75) is 25.8 Å². The van der Waals surface area contributed by atoms with Crippen molar-refractivity contribution in [3.8, 4) is 34.4 Å². The first-order valence-corrected chi connectivity index (χ1v) is 14.8. The van der Waals surface area contributed by atoms with Crippen LogP contribution in [0.5, 0.6) is 23.0 Å². The summed E-state index contributed by atoms with van der Waals surface area (Å²) in [6, 6.07) is 12.5. The Balaban J connectivity index is 1.23. The third-order valence-electron chi connectivity index (χ3n) is 7.21. The van der Waals surface area contributed by atoms with Gasteiger partial charge in [0.15, 0.2) is 11.5 Å². The van der Waals surface area contributed by atoms with E-state index < -0.39 is 18.6 Å². The van der Waals surface area contributed by atoms with Crippen molar-refractivity contribution >= 4 is 17.6 Å². The molecule has 242 valence electrons. The van der Waals surface area contributed by atoms with Gasteiger partial charge < -0.3 is 29.2 Å². The SMILES string of the molecule is O=C(O)[C@@H](CO)NCc1cc(Cl)c(OCc2cccn(-c3ccc4c(c3)OCCO4)c2=O)cc1OCc1cncc(-n2ccnn2)c1. The van der Waals surface area contributed by atoms with Crippen molar-refractivity contribution < 1.29 is 34.0 Å². The van der Waals surface area contributed by atoms with E-state index in [1.165, 1.54) is 4.57 Å². The number of pyridine rings is 2. The number of aliphatic carboxylic acids is 1. The fourth-order valence-corrected chi connectivity index (χ4v) is 5.04. The Kier molecular flexibility index (Phi) is 9.61. The van der Waals surface area contributed by atoms with Crippen molar-refractivity contribution in [3.05, 3.63) is 112 Å². The van der Waals surface area contributed by atoms with Gasteiger partial charge in [-0.3, -0.25) is 24.5 Å². The molecule has 0 spiro atoms. The van der Waals surface area contributed by atoms with Gasteiger partial charge in [-0.15, -0.1) is 5.10 Å². The Morgan fingerprint density at radius 2 is 1.81 bits per heavy atom. The van der Waals surface area contributed by atoms with Crippen molar-refractivity contribution in [3.63, 3.8) is 0 Å². The van der Waals surface area contributed by atoms with Crippen molar-refractivity contribution in [1.29, 1.82) is 0 Å². The molecule has 0 saturated carbocycles. The van der Waals surface area contributed by atoms with E-state index in [0.717, 1.165) is 5.56 Å². The molecular weight excluding hydrogens is 632 g/mol. The standard InChI is InChI=1S/C32H29ClN6O8/c33-25-11-22(15-35-26(17-40)32(42)43)28(46-18-20-10-24(16-34-14-20)39-7-5-36-37-39)13-29(25)47-19-21-2-1-6-38(31(21)41)23-3-4-27-30(12-23)45-9-8-44-27/h1-7,10-14,16,26,35,40H,8-9,15,17-19H2,(H,42,43)/t26-/m1/s1. The average molecular weight is 661 g/mol. The second kappa shape index (κ2) is 14.3. The van der Waals surface area contributed by atoms with Crippen molar-refractivity contribution in [1.82, 2.24) is 29.9 Å². The van der Waals surface area contributed by atoms with E-state index in [-0.39, 0.29) is 36.1 Å². The van der Waals surface area contributed by atoms with E-state index in [4.69, 9.17) is 30.5 Å². The van der Waals surface area contributed by atoms with E-state index in [2.05, 4.69) is 20.6 Å². The van der Waals surface area contributed by atoms with Crippen LogP contribution in [0.3, 0.4) is 0 Å². The number of fused-ring (bicyclic) bond motifs is 1. The smallest absolute Gasteiger partial charge is 0.323 e. The first-order valence-electron chi connectivity index (χ1n) is 14.5. The predicted octanol–water partition coefficient (Wildman–Crippen LogP) is 2.93. The highest BCUT2D eigenvalue weighted by molar-refractivity contribution is 6.32. The van der Waals surface area contributed by atoms with Crippen LogP contribution in [0.2, 0.25) is 5.02 Å². The van der Waals surface area contributed by atoms with Crippen LogP contribution < -0.4 is 29.8 Å². The number of ether oxygens (including phenoxy) is 4. The number of hydrogen-bond acceptors (Lipinski definition) is 11. The molecule has 47 heavy (non-hydrogen) atoms. The second-order valence-electron chi connectivity index (χ2n) is 10.4. The van der Waals surface area contributed by atoms with Crippen LogP contribution in [-0.2, 0) is 24.6 Å². The third-order valence-corrected chi connectivity index (χ3v) is 7.50. The maximum absolute atomic E-state index is 13.4. The maximum Gasteiger partial charge on any atom is 0.323 e. The van der Waals surface area contributed by atoms with E-state index in [1.54, 1.807) is 78.1 Å². The van der Waals surface area contributed by atoms with Gasteiger partial charge in [-0.1, -0.05) is 16.8 Å². The van der Waals surface area contributed by atoms with Gasteiger partial charge in [0, 0.05) is 42.2 Å². The lowest BCUT2D eigenvalue weighted by molar-refractivity contribution is -0.140. The minimum Gasteiger partial charge on any atom is -0.488 e. The van der Waals surface area contributed by atoms with Crippen LogP contribution in [0.4, 0.5) is 0 Å². The third kappa shape index (κ3) is 7.35. The highest BCUT2D eigenvalue weighted by Gasteiger charge is 2.19. The number of aliphatic hydroxyl groups excluding tert-OH is 1. The molecule has 3 N–H and O–H groups in total. The summed E-state index contributed by atoms with van der Waals surface area (Å²) in [5, 5.41) is 29.6. The summed E-state index contributed by atoms with van der Waals surface area (Å²) in [5.74, 6) is 0.554.